The van der Waals surface area contributed by atoms with Crippen LogP contribution in [-0.2, 0) is 0 Å². The molecule has 1 aliphatic rings. The van der Waals surface area contributed by atoms with E-state index < -0.39 is 0 Å². The molecule has 1 saturated carbocycles. The molecular weight excluding hydrogens is 224 g/mol. The number of carbonyl (C=O) groups excluding carboxylic acids is 1. The normalized spacial score (nSPS) is 16.9. The van der Waals surface area contributed by atoms with Crippen LogP contribution in [-0.4, -0.2) is 19.0 Å². The lowest BCUT2D eigenvalue weighted by Gasteiger charge is -2.13. The van der Waals surface area contributed by atoms with E-state index in [0.717, 1.165) is 12.8 Å². The van der Waals surface area contributed by atoms with Gasteiger partial charge in [-0.25, -0.2) is 0 Å². The van der Waals surface area contributed by atoms with Crippen LogP contribution in [0.15, 0.2) is 24.3 Å². The molecule has 0 aliphatic heterocycles. The molecule has 1 aromatic rings. The second-order valence-corrected chi connectivity index (χ2v) is 4.83. The minimum atomic E-state index is -0.0589. The Morgan fingerprint density at radius 2 is 2.00 bits per heavy atom. The van der Waals surface area contributed by atoms with Crippen LogP contribution in [0.4, 0.5) is 0 Å². The maximum Gasteiger partial charge on any atom is 0.251 e. The van der Waals surface area contributed by atoms with Crippen LogP contribution >= 0.6 is 11.6 Å². The van der Waals surface area contributed by atoms with Gasteiger partial charge in [-0.1, -0.05) is 11.6 Å². The third-order valence-corrected chi connectivity index (χ3v) is 3.37. The largest absolute Gasteiger partial charge is 0.351 e. The van der Waals surface area contributed by atoms with Crippen molar-refractivity contribution >= 4 is 17.5 Å². The SMILES string of the molecule is NCC1(CNC(=O)c2ccc(Cl)cc2)CC1. The maximum absolute atomic E-state index is 11.8. The Hall–Kier alpha value is -1.06. The molecule has 0 saturated heterocycles. The molecule has 0 radical (unpaired) electrons. The van der Waals surface area contributed by atoms with Crippen LogP contribution < -0.4 is 11.1 Å². The number of nitrogens with two attached hydrogens (primary N) is 1. The number of rotatable bonds is 4. The average molecular weight is 239 g/mol. The molecule has 0 atom stereocenters. The van der Waals surface area contributed by atoms with Crippen LogP contribution in [0, 0.1) is 5.41 Å². The first-order chi connectivity index (χ1) is 7.65. The van der Waals surface area contributed by atoms with Crippen molar-refractivity contribution in [1.82, 2.24) is 5.32 Å². The fraction of sp³-hybridized carbons (Fsp3) is 0.417. The van der Waals surface area contributed by atoms with E-state index in [1.807, 2.05) is 0 Å². The fourth-order valence-corrected chi connectivity index (χ4v) is 1.73. The van der Waals surface area contributed by atoms with Crippen molar-refractivity contribution < 1.29 is 4.79 Å². The van der Waals surface area contributed by atoms with E-state index in [0.29, 0.717) is 23.7 Å². The molecule has 1 aromatic carbocycles. The van der Waals surface area contributed by atoms with Gasteiger partial charge in [-0.15, -0.1) is 0 Å². The minimum absolute atomic E-state index is 0.0589. The molecule has 0 spiro atoms. The average Bonchev–Trinajstić information content (AvgIpc) is 3.08. The highest BCUT2D eigenvalue weighted by Crippen LogP contribution is 2.43. The molecule has 2 rings (SSSR count). The monoisotopic (exact) mass is 238 g/mol. The molecule has 16 heavy (non-hydrogen) atoms. The van der Waals surface area contributed by atoms with Crippen LogP contribution in [0.25, 0.3) is 0 Å². The zero-order valence-electron chi connectivity index (χ0n) is 9.00. The summed E-state index contributed by atoms with van der Waals surface area (Å²) >= 11 is 5.75. The van der Waals surface area contributed by atoms with Crippen molar-refractivity contribution in [3.8, 4) is 0 Å². The quantitative estimate of drug-likeness (QED) is 0.841. The highest BCUT2D eigenvalue weighted by Gasteiger charge is 2.41. The predicted octanol–water partition coefficient (Wildman–Crippen LogP) is 1.81. The van der Waals surface area contributed by atoms with Crippen molar-refractivity contribution in [2.24, 2.45) is 11.1 Å². The standard InChI is InChI=1S/C12H15ClN2O/c13-10-3-1-9(2-4-10)11(16)15-8-12(7-14)5-6-12/h1-4H,5-8,14H2,(H,15,16). The summed E-state index contributed by atoms with van der Waals surface area (Å²) in [5.74, 6) is -0.0589. The summed E-state index contributed by atoms with van der Waals surface area (Å²) in [6, 6.07) is 6.87. The highest BCUT2D eigenvalue weighted by atomic mass is 35.5. The van der Waals surface area contributed by atoms with E-state index >= 15 is 0 Å². The van der Waals surface area contributed by atoms with Gasteiger partial charge >= 0.3 is 0 Å². The zero-order valence-corrected chi connectivity index (χ0v) is 9.76. The van der Waals surface area contributed by atoms with Crippen LogP contribution in [0.5, 0.6) is 0 Å². The second kappa shape index (κ2) is 4.44. The van der Waals surface area contributed by atoms with Gasteiger partial charge in [0.05, 0.1) is 0 Å². The van der Waals surface area contributed by atoms with Gasteiger partial charge in [0.1, 0.15) is 0 Å². The summed E-state index contributed by atoms with van der Waals surface area (Å²) in [6.45, 7) is 1.32. The Balaban J connectivity index is 1.91. The number of benzene rings is 1. The molecule has 86 valence electrons. The summed E-state index contributed by atoms with van der Waals surface area (Å²) in [4.78, 5) is 11.8. The summed E-state index contributed by atoms with van der Waals surface area (Å²) in [7, 11) is 0. The summed E-state index contributed by atoms with van der Waals surface area (Å²) in [6.07, 6.45) is 2.23. The molecule has 3 N–H and O–H groups in total. The molecule has 0 aromatic heterocycles. The third kappa shape index (κ3) is 2.54. The lowest BCUT2D eigenvalue weighted by atomic mass is 10.1. The van der Waals surface area contributed by atoms with Crippen LogP contribution in [0.2, 0.25) is 5.02 Å². The first kappa shape index (κ1) is 11.4. The third-order valence-electron chi connectivity index (χ3n) is 3.12. The van der Waals surface area contributed by atoms with Gasteiger partial charge in [-0.05, 0) is 43.7 Å². The second-order valence-electron chi connectivity index (χ2n) is 4.39. The molecule has 1 aliphatic carbocycles. The zero-order chi connectivity index (χ0) is 11.6. The number of hydrogen-bond acceptors (Lipinski definition) is 2. The number of halogens is 1. The van der Waals surface area contributed by atoms with Gasteiger partial charge in [0.25, 0.3) is 5.91 Å². The summed E-state index contributed by atoms with van der Waals surface area (Å²) in [5, 5.41) is 3.55. The van der Waals surface area contributed by atoms with Gasteiger partial charge in [-0.2, -0.15) is 0 Å². The maximum atomic E-state index is 11.8. The van der Waals surface area contributed by atoms with Gasteiger partial charge in [0.15, 0.2) is 0 Å². The molecule has 4 heteroatoms. The van der Waals surface area contributed by atoms with E-state index in [1.165, 1.54) is 0 Å². The Morgan fingerprint density at radius 3 is 2.50 bits per heavy atom. The molecular formula is C12H15ClN2O. The van der Waals surface area contributed by atoms with Crippen LogP contribution in [0.1, 0.15) is 23.2 Å². The fourth-order valence-electron chi connectivity index (χ4n) is 1.60. The van der Waals surface area contributed by atoms with E-state index in [-0.39, 0.29) is 11.3 Å². The van der Waals surface area contributed by atoms with E-state index in [2.05, 4.69) is 5.32 Å². The Bertz CT molecular complexity index is 385. The first-order valence-electron chi connectivity index (χ1n) is 5.39. The van der Waals surface area contributed by atoms with E-state index in [1.54, 1.807) is 24.3 Å². The van der Waals surface area contributed by atoms with Gasteiger partial charge < -0.3 is 11.1 Å². The summed E-state index contributed by atoms with van der Waals surface area (Å²) < 4.78 is 0. The lowest BCUT2D eigenvalue weighted by molar-refractivity contribution is 0.0945. The van der Waals surface area contributed by atoms with Gasteiger partial charge in [0.2, 0.25) is 0 Å². The van der Waals surface area contributed by atoms with Crippen LogP contribution in [0.3, 0.4) is 0 Å². The Kier molecular flexibility index (Phi) is 3.17. The van der Waals surface area contributed by atoms with Gasteiger partial charge in [0, 0.05) is 22.5 Å². The van der Waals surface area contributed by atoms with Crippen molar-refractivity contribution in [3.63, 3.8) is 0 Å². The van der Waals surface area contributed by atoms with Crippen molar-refractivity contribution in [2.75, 3.05) is 13.1 Å². The van der Waals surface area contributed by atoms with Crippen molar-refractivity contribution in [2.45, 2.75) is 12.8 Å². The highest BCUT2D eigenvalue weighted by molar-refractivity contribution is 6.30. The number of hydrogen-bond donors (Lipinski definition) is 2. The number of carbonyl (C=O) groups is 1. The van der Waals surface area contributed by atoms with Crippen molar-refractivity contribution in [1.29, 1.82) is 0 Å². The predicted molar refractivity (Wildman–Crippen MR) is 64.5 cm³/mol. The Labute approximate surface area is 100.0 Å². The molecule has 0 heterocycles. The van der Waals surface area contributed by atoms with Gasteiger partial charge in [-0.3, -0.25) is 4.79 Å². The molecule has 1 amide bonds. The molecule has 0 unspecified atom stereocenters. The first-order valence-corrected chi connectivity index (χ1v) is 5.77. The molecule has 0 bridgehead atoms. The van der Waals surface area contributed by atoms with E-state index in [4.69, 9.17) is 17.3 Å². The number of amides is 1. The number of nitrogens with one attached hydrogen (secondary N) is 1. The lowest BCUT2D eigenvalue weighted by Crippen LogP contribution is -2.33. The molecule has 1 fully saturated rings. The Morgan fingerprint density at radius 1 is 1.38 bits per heavy atom. The van der Waals surface area contributed by atoms with Crippen molar-refractivity contribution in [3.05, 3.63) is 34.9 Å². The molecule has 3 nitrogen and oxygen atoms in total. The van der Waals surface area contributed by atoms with E-state index in [9.17, 15) is 4.79 Å². The topological polar surface area (TPSA) is 55.1 Å². The summed E-state index contributed by atoms with van der Waals surface area (Å²) in [5.41, 5.74) is 6.45. The smallest absolute Gasteiger partial charge is 0.251 e. The minimum Gasteiger partial charge on any atom is -0.351 e.